The van der Waals surface area contributed by atoms with Crippen molar-refractivity contribution in [1.29, 1.82) is 0 Å². The molecule has 0 aromatic carbocycles. The molecule has 0 spiro atoms. The van der Waals surface area contributed by atoms with Gasteiger partial charge in [-0.3, -0.25) is 14.1 Å². The summed E-state index contributed by atoms with van der Waals surface area (Å²) in [4.78, 5) is 21.0. The van der Waals surface area contributed by atoms with Crippen LogP contribution >= 0.6 is 0 Å². The van der Waals surface area contributed by atoms with Gasteiger partial charge in [-0.1, -0.05) is 0 Å². The molecule has 0 amide bonds. The van der Waals surface area contributed by atoms with Gasteiger partial charge in [0.25, 0.3) is 0 Å². The molecule has 3 rings (SSSR count). The number of rotatable bonds is 3. The predicted molar refractivity (Wildman–Crippen MR) is 77.7 cm³/mol. The van der Waals surface area contributed by atoms with Crippen molar-refractivity contribution in [3.8, 4) is 0 Å². The predicted octanol–water partition coefficient (Wildman–Crippen LogP) is 2.22. The molecule has 0 aliphatic heterocycles. The molecular formula is C15H16N4O. The lowest BCUT2D eigenvalue weighted by Crippen LogP contribution is -2.26. The molecule has 3 heterocycles. The van der Waals surface area contributed by atoms with Crippen molar-refractivity contribution in [3.63, 3.8) is 0 Å². The maximum absolute atomic E-state index is 12.6. The number of hydrogen-bond donors (Lipinski definition) is 0. The van der Waals surface area contributed by atoms with Gasteiger partial charge in [-0.2, -0.15) is 0 Å². The Balaban J connectivity index is 2.21. The van der Waals surface area contributed by atoms with Crippen LogP contribution < -0.4 is 5.69 Å². The van der Waals surface area contributed by atoms with Gasteiger partial charge in [0.15, 0.2) is 5.65 Å². The van der Waals surface area contributed by atoms with Crippen molar-refractivity contribution in [1.82, 2.24) is 19.1 Å². The van der Waals surface area contributed by atoms with Crippen molar-refractivity contribution >= 4 is 11.2 Å². The monoisotopic (exact) mass is 268 g/mol. The normalized spacial score (nSPS) is 11.3. The maximum Gasteiger partial charge on any atom is 0.330 e. The SMILES string of the molecule is CC(C)n1c(=O)n(Cc2ccncc2)c2cccnc21. The van der Waals surface area contributed by atoms with E-state index in [1.165, 1.54) is 0 Å². The molecule has 0 aliphatic rings. The number of imidazole rings is 1. The van der Waals surface area contributed by atoms with E-state index in [2.05, 4.69) is 9.97 Å². The van der Waals surface area contributed by atoms with Crippen LogP contribution in [0, 0.1) is 0 Å². The molecule has 102 valence electrons. The van der Waals surface area contributed by atoms with Crippen LogP contribution in [0.1, 0.15) is 25.5 Å². The molecule has 5 nitrogen and oxygen atoms in total. The van der Waals surface area contributed by atoms with Gasteiger partial charge in [0, 0.05) is 24.6 Å². The molecule has 0 unspecified atom stereocenters. The minimum absolute atomic E-state index is 0.0227. The Hall–Kier alpha value is -2.43. The standard InChI is InChI=1S/C15H16N4O/c1-11(2)19-14-13(4-3-7-17-14)18(15(19)20)10-12-5-8-16-9-6-12/h3-9,11H,10H2,1-2H3. The molecule has 0 aliphatic carbocycles. The summed E-state index contributed by atoms with van der Waals surface area (Å²) in [6, 6.07) is 7.71. The van der Waals surface area contributed by atoms with Gasteiger partial charge in [0.1, 0.15) is 0 Å². The average molecular weight is 268 g/mol. The number of pyridine rings is 2. The van der Waals surface area contributed by atoms with Gasteiger partial charge in [0.2, 0.25) is 0 Å². The highest BCUT2D eigenvalue weighted by molar-refractivity contribution is 5.71. The van der Waals surface area contributed by atoms with Gasteiger partial charge < -0.3 is 0 Å². The van der Waals surface area contributed by atoms with Gasteiger partial charge >= 0.3 is 5.69 Å². The van der Waals surface area contributed by atoms with E-state index in [1.54, 1.807) is 27.7 Å². The van der Waals surface area contributed by atoms with E-state index in [9.17, 15) is 4.79 Å². The van der Waals surface area contributed by atoms with Crippen molar-refractivity contribution in [2.24, 2.45) is 0 Å². The summed E-state index contributed by atoms with van der Waals surface area (Å²) in [5, 5.41) is 0. The first kappa shape index (κ1) is 12.6. The Morgan fingerprint density at radius 3 is 2.60 bits per heavy atom. The van der Waals surface area contributed by atoms with Crippen LogP contribution in [0.3, 0.4) is 0 Å². The van der Waals surface area contributed by atoms with E-state index in [-0.39, 0.29) is 11.7 Å². The first-order chi connectivity index (χ1) is 9.68. The molecule has 0 atom stereocenters. The van der Waals surface area contributed by atoms with Crippen molar-refractivity contribution in [2.45, 2.75) is 26.4 Å². The fourth-order valence-corrected chi connectivity index (χ4v) is 2.40. The summed E-state index contributed by atoms with van der Waals surface area (Å²) in [6.07, 6.45) is 5.19. The van der Waals surface area contributed by atoms with Crippen molar-refractivity contribution in [3.05, 3.63) is 58.9 Å². The lowest BCUT2D eigenvalue weighted by atomic mass is 10.2. The molecule has 3 aromatic rings. The van der Waals surface area contributed by atoms with E-state index in [0.29, 0.717) is 6.54 Å². The highest BCUT2D eigenvalue weighted by atomic mass is 16.1. The van der Waals surface area contributed by atoms with Crippen LogP contribution in [0.15, 0.2) is 47.7 Å². The van der Waals surface area contributed by atoms with Crippen LogP contribution in [0.2, 0.25) is 0 Å². The Kier molecular flexibility index (Phi) is 3.10. The van der Waals surface area contributed by atoms with Crippen LogP contribution in [-0.2, 0) is 6.54 Å². The second-order valence-corrected chi connectivity index (χ2v) is 5.03. The fraction of sp³-hybridized carbons (Fsp3) is 0.267. The summed E-state index contributed by atoms with van der Waals surface area (Å²) in [6.45, 7) is 4.52. The number of aromatic nitrogens is 4. The number of hydrogen-bond acceptors (Lipinski definition) is 3. The molecule has 0 radical (unpaired) electrons. The van der Waals surface area contributed by atoms with Gasteiger partial charge in [-0.15, -0.1) is 0 Å². The molecule has 5 heteroatoms. The third-order valence-electron chi connectivity index (χ3n) is 3.33. The Bertz CT molecular complexity index is 786. The third kappa shape index (κ3) is 2.01. The van der Waals surface area contributed by atoms with Crippen molar-refractivity contribution in [2.75, 3.05) is 0 Å². The zero-order valence-corrected chi connectivity index (χ0v) is 11.5. The maximum atomic E-state index is 12.6. The number of fused-ring (bicyclic) bond motifs is 1. The molecule has 0 saturated carbocycles. The minimum Gasteiger partial charge on any atom is -0.286 e. The summed E-state index contributed by atoms with van der Waals surface area (Å²) < 4.78 is 3.49. The molecule has 0 saturated heterocycles. The smallest absolute Gasteiger partial charge is 0.286 e. The average Bonchev–Trinajstić information content (AvgIpc) is 2.73. The first-order valence-corrected chi connectivity index (χ1v) is 6.63. The van der Waals surface area contributed by atoms with E-state index in [4.69, 9.17) is 0 Å². The molecule has 3 aromatic heterocycles. The molecule has 0 N–H and O–H groups in total. The first-order valence-electron chi connectivity index (χ1n) is 6.63. The van der Waals surface area contributed by atoms with E-state index in [0.717, 1.165) is 16.7 Å². The Morgan fingerprint density at radius 1 is 1.15 bits per heavy atom. The Labute approximate surface area is 116 Å². The molecule has 0 fully saturated rings. The van der Waals surface area contributed by atoms with Gasteiger partial charge in [0.05, 0.1) is 12.1 Å². The minimum atomic E-state index is -0.0227. The van der Waals surface area contributed by atoms with Crippen LogP contribution in [-0.4, -0.2) is 19.1 Å². The van der Waals surface area contributed by atoms with E-state index >= 15 is 0 Å². The van der Waals surface area contributed by atoms with Gasteiger partial charge in [-0.25, -0.2) is 9.78 Å². The van der Waals surface area contributed by atoms with E-state index in [1.807, 2.05) is 38.1 Å². The quantitative estimate of drug-likeness (QED) is 0.732. The Morgan fingerprint density at radius 2 is 1.90 bits per heavy atom. The fourth-order valence-electron chi connectivity index (χ4n) is 2.40. The second-order valence-electron chi connectivity index (χ2n) is 5.03. The zero-order chi connectivity index (χ0) is 14.1. The summed E-state index contributed by atoms with van der Waals surface area (Å²) >= 11 is 0. The largest absolute Gasteiger partial charge is 0.330 e. The highest BCUT2D eigenvalue weighted by Gasteiger charge is 2.15. The highest BCUT2D eigenvalue weighted by Crippen LogP contribution is 2.15. The molecule has 20 heavy (non-hydrogen) atoms. The lowest BCUT2D eigenvalue weighted by molar-refractivity contribution is 0.572. The van der Waals surface area contributed by atoms with Gasteiger partial charge in [-0.05, 0) is 43.7 Å². The second kappa shape index (κ2) is 4.92. The van der Waals surface area contributed by atoms with Crippen LogP contribution in [0.5, 0.6) is 0 Å². The molecule has 0 bridgehead atoms. The van der Waals surface area contributed by atoms with Crippen LogP contribution in [0.4, 0.5) is 0 Å². The summed E-state index contributed by atoms with van der Waals surface area (Å²) in [5.41, 5.74) is 2.63. The molecular weight excluding hydrogens is 252 g/mol. The summed E-state index contributed by atoms with van der Waals surface area (Å²) in [7, 11) is 0. The van der Waals surface area contributed by atoms with Crippen molar-refractivity contribution < 1.29 is 0 Å². The zero-order valence-electron chi connectivity index (χ0n) is 11.5. The topological polar surface area (TPSA) is 52.7 Å². The van der Waals surface area contributed by atoms with E-state index < -0.39 is 0 Å². The van der Waals surface area contributed by atoms with Crippen LogP contribution in [0.25, 0.3) is 11.2 Å². The summed E-state index contributed by atoms with van der Waals surface area (Å²) in [5.74, 6) is 0. The third-order valence-corrected chi connectivity index (χ3v) is 3.33. The lowest BCUT2D eigenvalue weighted by Gasteiger charge is -2.05. The number of nitrogens with zero attached hydrogens (tertiary/aromatic N) is 4.